The number of hydrogen-bond donors (Lipinski definition) is 2. The van der Waals surface area contributed by atoms with Crippen molar-refractivity contribution >= 4 is 17.8 Å². The number of hydrogen-bond acceptors (Lipinski definition) is 4. The van der Waals surface area contributed by atoms with Crippen molar-refractivity contribution in [3.8, 4) is 5.75 Å². The van der Waals surface area contributed by atoms with Crippen molar-refractivity contribution in [2.75, 3.05) is 26.7 Å². The highest BCUT2D eigenvalue weighted by atomic mass is 16.5. The molecular formula is C22H26N2O5. The lowest BCUT2D eigenvalue weighted by Crippen LogP contribution is -2.30. The first-order valence-corrected chi connectivity index (χ1v) is 9.49. The van der Waals surface area contributed by atoms with Gasteiger partial charge in [-0.05, 0) is 62.2 Å². The Bertz CT molecular complexity index is 873. The van der Waals surface area contributed by atoms with Crippen molar-refractivity contribution in [3.05, 3.63) is 64.7 Å². The molecule has 0 spiro atoms. The van der Waals surface area contributed by atoms with E-state index in [1.165, 1.54) is 19.2 Å². The number of ether oxygens (including phenoxy) is 1. The van der Waals surface area contributed by atoms with Crippen molar-refractivity contribution in [1.29, 1.82) is 0 Å². The van der Waals surface area contributed by atoms with Crippen molar-refractivity contribution < 1.29 is 24.2 Å². The smallest absolute Gasteiger partial charge is 0.335 e. The number of rotatable bonds is 9. The lowest BCUT2D eigenvalue weighted by atomic mass is 10.1. The average molecular weight is 398 g/mol. The van der Waals surface area contributed by atoms with Gasteiger partial charge in [-0.2, -0.15) is 0 Å². The number of carbonyl (C=O) groups excluding carboxylic acids is 2. The summed E-state index contributed by atoms with van der Waals surface area (Å²) < 4.78 is 5.24. The molecule has 0 unspecified atom stereocenters. The highest BCUT2D eigenvalue weighted by molar-refractivity contribution is 5.97. The van der Waals surface area contributed by atoms with Gasteiger partial charge in [0.15, 0.2) is 0 Å². The molecule has 0 heterocycles. The van der Waals surface area contributed by atoms with Crippen LogP contribution in [0.3, 0.4) is 0 Å². The molecule has 0 radical (unpaired) electrons. The van der Waals surface area contributed by atoms with Gasteiger partial charge in [0.1, 0.15) is 5.75 Å². The molecule has 2 amide bonds. The molecular weight excluding hydrogens is 372 g/mol. The summed E-state index contributed by atoms with van der Waals surface area (Å²) in [7, 11) is 1.48. The average Bonchev–Trinajstić information content (AvgIpc) is 2.74. The second-order valence-corrected chi connectivity index (χ2v) is 6.39. The molecule has 0 aliphatic rings. The van der Waals surface area contributed by atoms with E-state index in [9.17, 15) is 14.4 Å². The number of methoxy groups -OCH3 is 1. The summed E-state index contributed by atoms with van der Waals surface area (Å²) in [6.45, 7) is 5.48. The fourth-order valence-corrected chi connectivity index (χ4v) is 2.95. The summed E-state index contributed by atoms with van der Waals surface area (Å²) >= 11 is 0. The second-order valence-electron chi connectivity index (χ2n) is 6.39. The van der Waals surface area contributed by atoms with Gasteiger partial charge in [-0.1, -0.05) is 6.07 Å². The van der Waals surface area contributed by atoms with Crippen LogP contribution in [-0.2, 0) is 6.42 Å². The number of aromatic carboxylic acids is 1. The zero-order valence-corrected chi connectivity index (χ0v) is 16.9. The van der Waals surface area contributed by atoms with Crippen LogP contribution in [0.5, 0.6) is 5.75 Å². The van der Waals surface area contributed by atoms with Crippen molar-refractivity contribution in [2.45, 2.75) is 20.3 Å². The molecule has 0 fully saturated rings. The fraction of sp³-hybridized carbons (Fsp3) is 0.318. The van der Waals surface area contributed by atoms with E-state index in [2.05, 4.69) is 5.32 Å². The first kappa shape index (κ1) is 21.9. The largest absolute Gasteiger partial charge is 0.496 e. The van der Waals surface area contributed by atoms with E-state index in [0.29, 0.717) is 42.9 Å². The predicted molar refractivity (Wildman–Crippen MR) is 110 cm³/mol. The first-order chi connectivity index (χ1) is 13.9. The number of carboxylic acids is 1. The van der Waals surface area contributed by atoms with Crippen molar-refractivity contribution in [3.63, 3.8) is 0 Å². The van der Waals surface area contributed by atoms with Gasteiger partial charge < -0.3 is 20.1 Å². The lowest BCUT2D eigenvalue weighted by molar-refractivity contribution is 0.0695. The molecule has 0 aliphatic heterocycles. The molecule has 2 aromatic carbocycles. The number of amides is 2. The number of carboxylic acid groups (broad SMARTS) is 1. The Labute approximate surface area is 170 Å². The highest BCUT2D eigenvalue weighted by Gasteiger charge is 2.14. The van der Waals surface area contributed by atoms with Crippen molar-refractivity contribution in [1.82, 2.24) is 10.2 Å². The van der Waals surface area contributed by atoms with Crippen molar-refractivity contribution in [2.24, 2.45) is 0 Å². The minimum atomic E-state index is -1.02. The van der Waals surface area contributed by atoms with E-state index in [1.807, 2.05) is 13.8 Å². The molecule has 0 bridgehead atoms. The van der Waals surface area contributed by atoms with Gasteiger partial charge in [-0.25, -0.2) is 4.79 Å². The summed E-state index contributed by atoms with van der Waals surface area (Å²) in [5.74, 6) is -0.851. The second kappa shape index (κ2) is 10.3. The Hall–Kier alpha value is -3.35. The van der Waals surface area contributed by atoms with Crippen LogP contribution in [0.15, 0.2) is 42.5 Å². The number of nitrogens with one attached hydrogen (secondary N) is 1. The quantitative estimate of drug-likeness (QED) is 0.677. The molecule has 0 saturated carbocycles. The van der Waals surface area contributed by atoms with E-state index in [-0.39, 0.29) is 17.4 Å². The van der Waals surface area contributed by atoms with E-state index in [4.69, 9.17) is 9.84 Å². The van der Waals surface area contributed by atoms with Gasteiger partial charge in [0.25, 0.3) is 11.8 Å². The molecule has 2 aromatic rings. The Kier molecular flexibility index (Phi) is 7.77. The van der Waals surface area contributed by atoms with Crippen LogP contribution in [0.25, 0.3) is 0 Å². The molecule has 7 nitrogen and oxygen atoms in total. The third kappa shape index (κ3) is 5.57. The standard InChI is InChI=1S/C22H26N2O5/c1-4-24(5-2)21(26)17-9-7-16(8-10-17)20(25)23-13-12-15-6-11-18(22(27)28)14-19(15)29-3/h6-11,14H,4-5,12-13H2,1-3H3,(H,23,25)(H,27,28). The Balaban J connectivity index is 1.96. The van der Waals surface area contributed by atoms with Gasteiger partial charge in [-0.3, -0.25) is 9.59 Å². The minimum Gasteiger partial charge on any atom is -0.496 e. The van der Waals surface area contributed by atoms with E-state index >= 15 is 0 Å². The normalized spacial score (nSPS) is 10.3. The highest BCUT2D eigenvalue weighted by Crippen LogP contribution is 2.20. The molecule has 29 heavy (non-hydrogen) atoms. The Morgan fingerprint density at radius 1 is 0.966 bits per heavy atom. The topological polar surface area (TPSA) is 95.9 Å². The van der Waals surface area contributed by atoms with Crippen LogP contribution in [0, 0.1) is 0 Å². The number of nitrogens with zero attached hydrogens (tertiary/aromatic N) is 1. The van der Waals surface area contributed by atoms with Gasteiger partial charge in [0.2, 0.25) is 0 Å². The SMILES string of the molecule is CCN(CC)C(=O)c1ccc(C(=O)NCCc2ccc(C(=O)O)cc2OC)cc1. The van der Waals surface area contributed by atoms with E-state index in [0.717, 1.165) is 5.56 Å². The lowest BCUT2D eigenvalue weighted by Gasteiger charge is -2.18. The van der Waals surface area contributed by atoms with Crippen LogP contribution in [0.2, 0.25) is 0 Å². The zero-order valence-electron chi connectivity index (χ0n) is 16.9. The summed E-state index contributed by atoms with van der Waals surface area (Å²) in [6.07, 6.45) is 0.493. The molecule has 154 valence electrons. The summed E-state index contributed by atoms with van der Waals surface area (Å²) in [5, 5.41) is 11.9. The van der Waals surface area contributed by atoms with Gasteiger partial charge in [0.05, 0.1) is 12.7 Å². The van der Waals surface area contributed by atoms with Gasteiger partial charge in [0, 0.05) is 30.8 Å². The predicted octanol–water partition coefficient (Wildman–Crippen LogP) is 2.85. The third-order valence-corrected chi connectivity index (χ3v) is 4.66. The van der Waals surface area contributed by atoms with Crippen LogP contribution in [-0.4, -0.2) is 54.5 Å². The molecule has 0 aromatic heterocycles. The summed E-state index contributed by atoms with van der Waals surface area (Å²) in [6, 6.07) is 11.2. The molecule has 0 atom stereocenters. The molecule has 0 saturated heterocycles. The first-order valence-electron chi connectivity index (χ1n) is 9.49. The maximum absolute atomic E-state index is 12.3. The van der Waals surface area contributed by atoms with Crippen LogP contribution in [0.4, 0.5) is 0 Å². The Morgan fingerprint density at radius 3 is 2.10 bits per heavy atom. The van der Waals surface area contributed by atoms with Crippen LogP contribution in [0.1, 0.15) is 50.5 Å². The van der Waals surface area contributed by atoms with Gasteiger partial charge in [-0.15, -0.1) is 0 Å². The minimum absolute atomic E-state index is 0.0566. The number of benzene rings is 2. The summed E-state index contributed by atoms with van der Waals surface area (Å²) in [5.41, 5.74) is 1.97. The maximum atomic E-state index is 12.3. The van der Waals surface area contributed by atoms with Crippen LogP contribution >= 0.6 is 0 Å². The van der Waals surface area contributed by atoms with E-state index < -0.39 is 5.97 Å². The van der Waals surface area contributed by atoms with E-state index in [1.54, 1.807) is 35.2 Å². The number of carbonyl (C=O) groups is 3. The molecule has 2 rings (SSSR count). The molecule has 7 heteroatoms. The fourth-order valence-electron chi connectivity index (χ4n) is 2.95. The van der Waals surface area contributed by atoms with Gasteiger partial charge >= 0.3 is 5.97 Å². The van der Waals surface area contributed by atoms with Crippen LogP contribution < -0.4 is 10.1 Å². The molecule has 2 N–H and O–H groups in total. The third-order valence-electron chi connectivity index (χ3n) is 4.66. The monoisotopic (exact) mass is 398 g/mol. The maximum Gasteiger partial charge on any atom is 0.335 e. The molecule has 0 aliphatic carbocycles. The zero-order chi connectivity index (χ0) is 21.4. The Morgan fingerprint density at radius 2 is 1.55 bits per heavy atom. The summed E-state index contributed by atoms with van der Waals surface area (Å²) in [4.78, 5) is 37.4.